The largest absolute Gasteiger partial charge is 0.497 e. The van der Waals surface area contributed by atoms with E-state index in [9.17, 15) is 22.8 Å². The molecule has 0 aliphatic heterocycles. The van der Waals surface area contributed by atoms with E-state index in [1.807, 2.05) is 5.32 Å². The van der Waals surface area contributed by atoms with Crippen molar-refractivity contribution in [3.8, 4) is 11.5 Å². The lowest BCUT2D eigenvalue weighted by Crippen LogP contribution is -2.34. The van der Waals surface area contributed by atoms with E-state index < -0.39 is 18.6 Å². The zero-order valence-corrected chi connectivity index (χ0v) is 17.2. The first-order chi connectivity index (χ1) is 14.7. The highest BCUT2D eigenvalue weighted by atomic mass is 19.4. The summed E-state index contributed by atoms with van der Waals surface area (Å²) in [5.41, 5.74) is 1.30. The van der Waals surface area contributed by atoms with Crippen molar-refractivity contribution in [3.05, 3.63) is 59.2 Å². The van der Waals surface area contributed by atoms with Crippen molar-refractivity contribution in [1.82, 2.24) is 10.2 Å². The van der Waals surface area contributed by atoms with Crippen molar-refractivity contribution in [1.29, 1.82) is 0 Å². The Morgan fingerprint density at radius 2 is 1.74 bits per heavy atom. The first kappa shape index (κ1) is 22.5. The Bertz CT molecular complexity index is 941. The molecular weight excluding hydrogens is 413 g/mol. The van der Waals surface area contributed by atoms with E-state index >= 15 is 0 Å². The molecule has 0 bridgehead atoms. The Morgan fingerprint density at radius 1 is 1.06 bits per heavy atom. The lowest BCUT2D eigenvalue weighted by atomic mass is 10.1. The molecule has 2 aromatic rings. The fourth-order valence-corrected chi connectivity index (χ4v) is 3.12. The Morgan fingerprint density at radius 3 is 2.29 bits per heavy atom. The van der Waals surface area contributed by atoms with Gasteiger partial charge in [0.15, 0.2) is 0 Å². The highest BCUT2D eigenvalue weighted by Crippen LogP contribution is 2.33. The highest BCUT2D eigenvalue weighted by molar-refractivity contribution is 5.97. The first-order valence-electron chi connectivity index (χ1n) is 9.68. The van der Waals surface area contributed by atoms with Crippen molar-refractivity contribution in [2.45, 2.75) is 31.6 Å². The second kappa shape index (κ2) is 9.28. The van der Waals surface area contributed by atoms with Crippen LogP contribution in [0.1, 0.15) is 39.1 Å². The Labute approximate surface area is 177 Å². The number of ether oxygens (including phenoxy) is 2. The summed E-state index contributed by atoms with van der Waals surface area (Å²) in [6.45, 7) is -1.08. The van der Waals surface area contributed by atoms with Crippen LogP contribution >= 0.6 is 0 Å². The third-order valence-electron chi connectivity index (χ3n) is 4.91. The van der Waals surface area contributed by atoms with Gasteiger partial charge < -0.3 is 19.7 Å². The monoisotopic (exact) mass is 436 g/mol. The number of alkyl halides is 3. The highest BCUT2D eigenvalue weighted by Gasteiger charge is 2.34. The SMILES string of the molecule is COc1ccc(C(=O)N(Cc2ccc(C(=O)NCC(F)(F)F)cc2)C2CC2)c(OC)c1. The van der Waals surface area contributed by atoms with Crippen molar-refractivity contribution in [2.75, 3.05) is 20.8 Å². The number of nitrogens with zero attached hydrogens (tertiary/aromatic N) is 1. The van der Waals surface area contributed by atoms with Gasteiger partial charge in [-0.2, -0.15) is 13.2 Å². The number of methoxy groups -OCH3 is 2. The maximum atomic E-state index is 13.2. The normalized spacial score (nSPS) is 13.5. The molecule has 2 aromatic carbocycles. The second-order valence-corrected chi connectivity index (χ2v) is 7.23. The number of hydrogen-bond donors (Lipinski definition) is 1. The van der Waals surface area contributed by atoms with Crippen molar-refractivity contribution >= 4 is 11.8 Å². The van der Waals surface area contributed by atoms with Crippen LogP contribution < -0.4 is 14.8 Å². The van der Waals surface area contributed by atoms with Gasteiger partial charge >= 0.3 is 6.18 Å². The summed E-state index contributed by atoms with van der Waals surface area (Å²) in [5.74, 6) is -0.00610. The van der Waals surface area contributed by atoms with Crippen LogP contribution in [0.2, 0.25) is 0 Å². The van der Waals surface area contributed by atoms with E-state index in [0.29, 0.717) is 23.6 Å². The molecule has 31 heavy (non-hydrogen) atoms. The zero-order valence-electron chi connectivity index (χ0n) is 17.2. The number of hydrogen-bond acceptors (Lipinski definition) is 4. The van der Waals surface area contributed by atoms with Gasteiger partial charge in [0, 0.05) is 24.2 Å². The molecule has 0 atom stereocenters. The van der Waals surface area contributed by atoms with Crippen molar-refractivity contribution < 1.29 is 32.2 Å². The zero-order chi connectivity index (χ0) is 22.6. The molecule has 0 spiro atoms. The second-order valence-electron chi connectivity index (χ2n) is 7.23. The molecule has 9 heteroatoms. The number of benzene rings is 2. The molecule has 1 fully saturated rings. The number of rotatable bonds is 8. The smallest absolute Gasteiger partial charge is 0.405 e. The van der Waals surface area contributed by atoms with Gasteiger partial charge in [-0.1, -0.05) is 12.1 Å². The third-order valence-corrected chi connectivity index (χ3v) is 4.91. The van der Waals surface area contributed by atoms with E-state index in [2.05, 4.69) is 0 Å². The van der Waals surface area contributed by atoms with E-state index in [1.165, 1.54) is 26.4 Å². The van der Waals surface area contributed by atoms with Gasteiger partial charge in [-0.25, -0.2) is 0 Å². The summed E-state index contributed by atoms with van der Waals surface area (Å²) in [7, 11) is 3.01. The molecule has 1 aliphatic rings. The lowest BCUT2D eigenvalue weighted by molar-refractivity contribution is -0.123. The van der Waals surface area contributed by atoms with Crippen LogP contribution in [-0.4, -0.2) is 49.7 Å². The van der Waals surface area contributed by atoms with Crippen LogP contribution in [0.3, 0.4) is 0 Å². The van der Waals surface area contributed by atoms with E-state index in [4.69, 9.17) is 9.47 Å². The van der Waals surface area contributed by atoms with Crippen molar-refractivity contribution in [2.24, 2.45) is 0 Å². The summed E-state index contributed by atoms with van der Waals surface area (Å²) in [6.07, 6.45) is -2.69. The fourth-order valence-electron chi connectivity index (χ4n) is 3.12. The Hall–Kier alpha value is -3.23. The number of carbonyl (C=O) groups excluding carboxylic acids is 2. The van der Waals surface area contributed by atoms with Crippen LogP contribution in [0.4, 0.5) is 13.2 Å². The molecule has 1 N–H and O–H groups in total. The third kappa shape index (κ3) is 5.90. The van der Waals surface area contributed by atoms with Crippen LogP contribution in [0, 0.1) is 0 Å². The molecule has 6 nitrogen and oxygen atoms in total. The van der Waals surface area contributed by atoms with Gasteiger partial charge in [-0.3, -0.25) is 9.59 Å². The van der Waals surface area contributed by atoms with Crippen LogP contribution in [0.5, 0.6) is 11.5 Å². The number of nitrogens with one attached hydrogen (secondary N) is 1. The lowest BCUT2D eigenvalue weighted by Gasteiger charge is -2.24. The molecular formula is C22H23F3N2O4. The molecule has 0 unspecified atom stereocenters. The van der Waals surface area contributed by atoms with Gasteiger partial charge in [0.25, 0.3) is 11.8 Å². The molecule has 0 heterocycles. The van der Waals surface area contributed by atoms with Gasteiger partial charge in [-0.05, 0) is 42.7 Å². The predicted molar refractivity (Wildman–Crippen MR) is 107 cm³/mol. The minimum Gasteiger partial charge on any atom is -0.497 e. The summed E-state index contributed by atoms with van der Waals surface area (Å²) < 4.78 is 47.3. The van der Waals surface area contributed by atoms with E-state index in [0.717, 1.165) is 18.4 Å². The van der Waals surface area contributed by atoms with Crippen molar-refractivity contribution in [3.63, 3.8) is 0 Å². The van der Waals surface area contributed by atoms with Gasteiger partial charge in [0.05, 0.1) is 19.8 Å². The molecule has 166 valence electrons. The predicted octanol–water partition coefficient (Wildman–Crippen LogP) is 3.80. The van der Waals surface area contributed by atoms with Crippen LogP contribution in [0.25, 0.3) is 0 Å². The number of halogens is 3. The fraction of sp³-hybridized carbons (Fsp3) is 0.364. The van der Waals surface area contributed by atoms with Crippen LogP contribution in [-0.2, 0) is 6.54 Å². The molecule has 0 saturated heterocycles. The number of carbonyl (C=O) groups is 2. The topological polar surface area (TPSA) is 67.9 Å². The summed E-state index contributed by atoms with van der Waals surface area (Å²) >= 11 is 0. The molecule has 0 radical (unpaired) electrons. The van der Waals surface area contributed by atoms with Gasteiger partial charge in [0.2, 0.25) is 0 Å². The first-order valence-corrected chi connectivity index (χ1v) is 9.68. The minimum absolute atomic E-state index is 0.106. The molecule has 0 aromatic heterocycles. The molecule has 1 saturated carbocycles. The Balaban J connectivity index is 1.72. The van der Waals surface area contributed by atoms with E-state index in [1.54, 1.807) is 35.2 Å². The van der Waals surface area contributed by atoms with E-state index in [-0.39, 0.29) is 17.5 Å². The molecule has 1 aliphatic carbocycles. The standard InChI is InChI=1S/C22H23F3N2O4/c1-30-17-9-10-18(19(11-17)31-2)21(29)27(16-7-8-16)12-14-3-5-15(6-4-14)20(28)26-13-22(23,24)25/h3-6,9-11,16H,7-8,12-13H2,1-2H3,(H,26,28). The minimum atomic E-state index is -4.47. The molecule has 2 amide bonds. The van der Waals surface area contributed by atoms with Gasteiger partial charge in [0.1, 0.15) is 18.0 Å². The quantitative estimate of drug-likeness (QED) is 0.684. The van der Waals surface area contributed by atoms with Crippen LogP contribution in [0.15, 0.2) is 42.5 Å². The summed E-state index contributed by atoms with van der Waals surface area (Å²) in [5, 5.41) is 1.84. The molecule has 3 rings (SSSR count). The van der Waals surface area contributed by atoms with Gasteiger partial charge in [-0.15, -0.1) is 0 Å². The number of amides is 2. The average Bonchev–Trinajstić information content (AvgIpc) is 3.60. The Kier molecular flexibility index (Phi) is 6.72. The maximum Gasteiger partial charge on any atom is 0.405 e. The summed E-state index contributed by atoms with van der Waals surface area (Å²) in [6, 6.07) is 11.3. The maximum absolute atomic E-state index is 13.2. The average molecular weight is 436 g/mol. The summed E-state index contributed by atoms with van der Waals surface area (Å²) in [4.78, 5) is 26.8.